The van der Waals surface area contributed by atoms with Crippen LogP contribution in [0.3, 0.4) is 0 Å². The summed E-state index contributed by atoms with van der Waals surface area (Å²) in [5.74, 6) is 2.95. The van der Waals surface area contributed by atoms with E-state index in [-0.39, 0.29) is 17.6 Å². The summed E-state index contributed by atoms with van der Waals surface area (Å²) in [4.78, 5) is 18.6. The molecule has 1 saturated heterocycles. The Labute approximate surface area is 151 Å². The Morgan fingerprint density at radius 1 is 1.40 bits per heavy atom. The number of halogens is 1. The molecule has 0 saturated carbocycles. The van der Waals surface area contributed by atoms with Crippen LogP contribution in [0, 0.1) is 12.7 Å². The van der Waals surface area contributed by atoms with E-state index < -0.39 is 0 Å². The summed E-state index contributed by atoms with van der Waals surface area (Å²) in [6, 6.07) is 6.50. The molecule has 1 aromatic carbocycles. The predicted molar refractivity (Wildman–Crippen MR) is 94.8 cm³/mol. The lowest BCUT2D eigenvalue weighted by molar-refractivity contribution is -0.132. The number of thioether (sulfide) groups is 1. The first-order chi connectivity index (χ1) is 12.1. The monoisotopic (exact) mass is 363 g/mol. The third-order valence-electron chi connectivity index (χ3n) is 4.32. The van der Waals surface area contributed by atoms with Gasteiger partial charge in [0.25, 0.3) is 0 Å². The Kier molecular flexibility index (Phi) is 6.07. The quantitative estimate of drug-likeness (QED) is 0.735. The van der Waals surface area contributed by atoms with Crippen molar-refractivity contribution >= 4 is 17.7 Å². The molecule has 0 unspecified atom stereocenters. The highest BCUT2D eigenvalue weighted by Crippen LogP contribution is 2.25. The molecule has 1 aliphatic heterocycles. The zero-order chi connectivity index (χ0) is 17.6. The number of hydrogen-bond donors (Lipinski definition) is 0. The first-order valence-electron chi connectivity index (χ1n) is 8.52. The molecule has 1 fully saturated rings. The fourth-order valence-corrected chi connectivity index (χ4v) is 3.87. The normalized spacial score (nSPS) is 17.7. The van der Waals surface area contributed by atoms with Crippen LogP contribution < -0.4 is 0 Å². The summed E-state index contributed by atoms with van der Waals surface area (Å²) in [6.07, 6.45) is 2.47. The summed E-state index contributed by atoms with van der Waals surface area (Å²) in [7, 11) is 0. The van der Waals surface area contributed by atoms with Crippen LogP contribution in [0.15, 0.2) is 28.8 Å². The molecule has 134 valence electrons. The van der Waals surface area contributed by atoms with Crippen LogP contribution in [0.25, 0.3) is 0 Å². The van der Waals surface area contributed by atoms with Gasteiger partial charge in [0.1, 0.15) is 5.82 Å². The number of nitrogens with zero attached hydrogens (tertiary/aromatic N) is 3. The minimum Gasteiger partial charge on any atom is -0.342 e. The van der Waals surface area contributed by atoms with Gasteiger partial charge in [0.15, 0.2) is 5.82 Å². The molecule has 2 heterocycles. The van der Waals surface area contributed by atoms with Gasteiger partial charge in [0.2, 0.25) is 11.8 Å². The van der Waals surface area contributed by atoms with E-state index in [1.54, 1.807) is 30.8 Å². The number of amides is 1. The number of piperidine rings is 1. The molecule has 2 aromatic rings. The second kappa shape index (κ2) is 8.47. The highest BCUT2D eigenvalue weighted by atomic mass is 32.2. The molecular formula is C18H22FN3O2S. The number of carbonyl (C=O) groups is 1. The lowest BCUT2D eigenvalue weighted by Crippen LogP contribution is -2.39. The number of aryl methyl sites for hydroxylation is 1. The van der Waals surface area contributed by atoms with E-state index in [1.807, 2.05) is 4.90 Å². The van der Waals surface area contributed by atoms with Crippen molar-refractivity contribution in [3.63, 3.8) is 0 Å². The number of carbonyl (C=O) groups excluding carboxylic acids is 1. The number of hydrogen-bond acceptors (Lipinski definition) is 5. The van der Waals surface area contributed by atoms with Crippen molar-refractivity contribution < 1.29 is 13.7 Å². The molecule has 3 rings (SSSR count). The van der Waals surface area contributed by atoms with Gasteiger partial charge in [-0.2, -0.15) is 16.7 Å². The molecule has 0 bridgehead atoms. The Morgan fingerprint density at radius 2 is 2.20 bits per heavy atom. The average molecular weight is 363 g/mol. The van der Waals surface area contributed by atoms with Gasteiger partial charge in [-0.1, -0.05) is 17.3 Å². The summed E-state index contributed by atoms with van der Waals surface area (Å²) in [5.41, 5.74) is 1.07. The molecule has 25 heavy (non-hydrogen) atoms. The fourth-order valence-electron chi connectivity index (χ4n) is 2.98. The van der Waals surface area contributed by atoms with Gasteiger partial charge in [0, 0.05) is 43.9 Å². The van der Waals surface area contributed by atoms with Crippen LogP contribution in [-0.4, -0.2) is 39.8 Å². The lowest BCUT2D eigenvalue weighted by atomic mass is 9.97. The molecule has 1 aliphatic rings. The molecule has 1 atom stereocenters. The summed E-state index contributed by atoms with van der Waals surface area (Å²) in [5, 5.41) is 3.99. The summed E-state index contributed by atoms with van der Waals surface area (Å²) < 4.78 is 17.9. The highest BCUT2D eigenvalue weighted by molar-refractivity contribution is 7.98. The third-order valence-corrected chi connectivity index (χ3v) is 5.36. The average Bonchev–Trinajstić information content (AvgIpc) is 3.07. The standard InChI is InChI=1S/C18H22FN3O2S/c1-13-20-18(21-24-13)15-3-2-9-22(11-15)17(23)8-10-25-12-14-4-6-16(19)7-5-14/h4-7,15H,2-3,8-12H2,1H3/t15-/m1/s1. The first kappa shape index (κ1) is 17.9. The minimum atomic E-state index is -0.222. The molecule has 0 radical (unpaired) electrons. The zero-order valence-corrected chi connectivity index (χ0v) is 15.1. The first-order valence-corrected chi connectivity index (χ1v) is 9.67. The van der Waals surface area contributed by atoms with Crippen LogP contribution in [0.1, 0.15) is 42.5 Å². The third kappa shape index (κ3) is 5.04. The predicted octanol–water partition coefficient (Wildman–Crippen LogP) is 3.55. The Bertz CT molecular complexity index is 705. The van der Waals surface area contributed by atoms with Crippen LogP contribution in [0.5, 0.6) is 0 Å². The zero-order valence-electron chi connectivity index (χ0n) is 14.3. The maximum atomic E-state index is 12.9. The molecule has 7 heteroatoms. The van der Waals surface area contributed by atoms with E-state index in [9.17, 15) is 9.18 Å². The second-order valence-corrected chi connectivity index (χ2v) is 7.38. The van der Waals surface area contributed by atoms with Crippen LogP contribution in [0.2, 0.25) is 0 Å². The highest BCUT2D eigenvalue weighted by Gasteiger charge is 2.27. The number of benzene rings is 1. The van der Waals surface area contributed by atoms with Crippen molar-refractivity contribution in [2.24, 2.45) is 0 Å². The second-order valence-electron chi connectivity index (χ2n) is 6.28. The molecule has 1 amide bonds. The summed E-state index contributed by atoms with van der Waals surface area (Å²) in [6.45, 7) is 3.25. The molecule has 1 aromatic heterocycles. The molecule has 0 aliphatic carbocycles. The van der Waals surface area contributed by atoms with Gasteiger partial charge in [-0.3, -0.25) is 4.79 Å². The van der Waals surface area contributed by atoms with Crippen molar-refractivity contribution in [1.82, 2.24) is 15.0 Å². The molecular weight excluding hydrogens is 341 g/mol. The number of aromatic nitrogens is 2. The van der Waals surface area contributed by atoms with E-state index in [4.69, 9.17) is 4.52 Å². The van der Waals surface area contributed by atoms with E-state index in [0.29, 0.717) is 24.7 Å². The van der Waals surface area contributed by atoms with Gasteiger partial charge in [-0.15, -0.1) is 0 Å². The van der Waals surface area contributed by atoms with Gasteiger partial charge < -0.3 is 9.42 Å². The van der Waals surface area contributed by atoms with Crippen molar-refractivity contribution in [3.05, 3.63) is 47.4 Å². The largest absolute Gasteiger partial charge is 0.342 e. The molecule has 0 N–H and O–H groups in total. The molecule has 5 nitrogen and oxygen atoms in total. The Balaban J connectivity index is 1.42. The topological polar surface area (TPSA) is 59.2 Å². The number of rotatable bonds is 6. The maximum Gasteiger partial charge on any atom is 0.223 e. The van der Waals surface area contributed by atoms with E-state index in [1.165, 1.54) is 12.1 Å². The van der Waals surface area contributed by atoms with Crippen molar-refractivity contribution in [3.8, 4) is 0 Å². The van der Waals surface area contributed by atoms with Gasteiger partial charge in [-0.05, 0) is 30.5 Å². The smallest absolute Gasteiger partial charge is 0.223 e. The Hall–Kier alpha value is -1.89. The van der Waals surface area contributed by atoms with Crippen molar-refractivity contribution in [2.75, 3.05) is 18.8 Å². The van der Waals surface area contributed by atoms with Crippen LogP contribution in [-0.2, 0) is 10.5 Å². The number of likely N-dealkylation sites (tertiary alicyclic amines) is 1. The van der Waals surface area contributed by atoms with Gasteiger partial charge in [0.05, 0.1) is 0 Å². The van der Waals surface area contributed by atoms with Gasteiger partial charge >= 0.3 is 0 Å². The van der Waals surface area contributed by atoms with Crippen molar-refractivity contribution in [1.29, 1.82) is 0 Å². The van der Waals surface area contributed by atoms with Crippen LogP contribution in [0.4, 0.5) is 4.39 Å². The van der Waals surface area contributed by atoms with Crippen LogP contribution >= 0.6 is 11.8 Å². The molecule has 0 spiro atoms. The Morgan fingerprint density at radius 3 is 2.92 bits per heavy atom. The van der Waals surface area contributed by atoms with Gasteiger partial charge in [-0.25, -0.2) is 4.39 Å². The fraction of sp³-hybridized carbons (Fsp3) is 0.500. The minimum absolute atomic E-state index is 0.169. The van der Waals surface area contributed by atoms with E-state index >= 15 is 0 Å². The van der Waals surface area contributed by atoms with E-state index in [2.05, 4.69) is 10.1 Å². The van der Waals surface area contributed by atoms with Crippen molar-refractivity contribution in [2.45, 2.75) is 37.9 Å². The summed E-state index contributed by atoms with van der Waals surface area (Å²) >= 11 is 1.70. The van der Waals surface area contributed by atoms with E-state index in [0.717, 1.165) is 36.5 Å². The SMILES string of the molecule is Cc1nc([C@@H]2CCCN(C(=O)CCSCc3ccc(F)cc3)C2)no1. The maximum absolute atomic E-state index is 12.9. The lowest BCUT2D eigenvalue weighted by Gasteiger charge is -2.31.